The Kier molecular flexibility index (Phi) is 8.34. The molecule has 0 spiro atoms. The van der Waals surface area contributed by atoms with Crippen LogP contribution in [-0.2, 0) is 6.42 Å². The first-order valence-corrected chi connectivity index (χ1v) is 9.92. The zero-order valence-corrected chi connectivity index (χ0v) is 16.4. The molecule has 0 heterocycles. The van der Waals surface area contributed by atoms with E-state index in [1.807, 2.05) is 54.6 Å². The average Bonchev–Trinajstić information content (AvgIpc) is 2.73. The lowest BCUT2D eigenvalue weighted by atomic mass is 9.90. The number of allylic oxidation sites excluding steroid dienone is 1. The van der Waals surface area contributed by atoms with Crippen LogP contribution < -0.4 is 0 Å². The summed E-state index contributed by atoms with van der Waals surface area (Å²) in [4.78, 5) is 0. The van der Waals surface area contributed by atoms with Gasteiger partial charge < -0.3 is 0 Å². The molecule has 0 aliphatic heterocycles. The molecule has 0 amide bonds. The smallest absolute Gasteiger partial charge is 0.138 e. The van der Waals surface area contributed by atoms with E-state index in [1.54, 1.807) is 0 Å². The minimum absolute atomic E-state index is 0.152. The molecule has 1 atom stereocenters. The van der Waals surface area contributed by atoms with Gasteiger partial charge in [0.05, 0.1) is 0 Å². The van der Waals surface area contributed by atoms with Gasteiger partial charge in [-0.3, -0.25) is 0 Å². The average molecular weight is 357 g/mol. The minimum atomic E-state index is 0.152. The van der Waals surface area contributed by atoms with Crippen molar-refractivity contribution in [2.75, 3.05) is 0 Å². The van der Waals surface area contributed by atoms with Gasteiger partial charge in [0.15, 0.2) is 0 Å². The summed E-state index contributed by atoms with van der Waals surface area (Å²) >= 11 is 0. The van der Waals surface area contributed by atoms with Gasteiger partial charge in [0.2, 0.25) is 0 Å². The zero-order valence-electron chi connectivity index (χ0n) is 16.4. The molecule has 2 nitrogen and oxygen atoms in total. The molecule has 2 rings (SSSR count). The monoisotopic (exact) mass is 356 g/mol. The van der Waals surface area contributed by atoms with Crippen LogP contribution in [0.3, 0.4) is 0 Å². The molecule has 0 N–H and O–H groups in total. The van der Waals surface area contributed by atoms with Crippen molar-refractivity contribution in [3.8, 4) is 12.1 Å². The highest BCUT2D eigenvalue weighted by Gasteiger charge is 2.12. The van der Waals surface area contributed by atoms with Crippen molar-refractivity contribution >= 4 is 5.57 Å². The van der Waals surface area contributed by atoms with Crippen LogP contribution in [0.25, 0.3) is 5.57 Å². The number of unbranched alkanes of at least 4 members (excludes halogenated alkanes) is 1. The second kappa shape index (κ2) is 11.0. The van der Waals surface area contributed by atoms with Gasteiger partial charge in [0.1, 0.15) is 17.7 Å². The van der Waals surface area contributed by atoms with E-state index >= 15 is 0 Å². The lowest BCUT2D eigenvalue weighted by molar-refractivity contribution is 0.422. The highest BCUT2D eigenvalue weighted by molar-refractivity contribution is 5.86. The number of nitriles is 2. The van der Waals surface area contributed by atoms with E-state index < -0.39 is 0 Å². The summed E-state index contributed by atoms with van der Waals surface area (Å²) in [5.41, 5.74) is 3.99. The number of benzene rings is 2. The Hall–Kier alpha value is -2.84. The predicted octanol–water partition coefficient (Wildman–Crippen LogP) is 6.68. The Bertz CT molecular complexity index is 801. The SMILES string of the molecule is CCCCC(CC)CCc1ccc(C(=C(C#N)C#N)c2ccccc2)cc1. The van der Waals surface area contributed by atoms with Crippen LogP contribution in [0, 0.1) is 28.6 Å². The molecule has 27 heavy (non-hydrogen) atoms. The van der Waals surface area contributed by atoms with E-state index in [-0.39, 0.29) is 5.57 Å². The second-order valence-corrected chi connectivity index (χ2v) is 6.99. The molecule has 0 saturated heterocycles. The molecule has 0 bridgehead atoms. The van der Waals surface area contributed by atoms with E-state index in [1.165, 1.54) is 37.7 Å². The molecule has 2 aromatic carbocycles. The fourth-order valence-corrected chi connectivity index (χ4v) is 3.45. The first-order valence-electron chi connectivity index (χ1n) is 9.92. The molecular weight excluding hydrogens is 328 g/mol. The second-order valence-electron chi connectivity index (χ2n) is 6.99. The molecule has 0 radical (unpaired) electrons. The lowest BCUT2D eigenvalue weighted by Crippen LogP contribution is -2.01. The molecule has 0 aliphatic carbocycles. The van der Waals surface area contributed by atoms with Gasteiger partial charge in [-0.25, -0.2) is 0 Å². The summed E-state index contributed by atoms with van der Waals surface area (Å²) in [7, 11) is 0. The number of aryl methyl sites for hydroxylation is 1. The minimum Gasteiger partial charge on any atom is -0.192 e. The summed E-state index contributed by atoms with van der Waals surface area (Å²) in [6.07, 6.45) is 7.44. The maximum atomic E-state index is 9.39. The van der Waals surface area contributed by atoms with Gasteiger partial charge in [0, 0.05) is 5.57 Å². The lowest BCUT2D eigenvalue weighted by Gasteiger charge is -2.14. The van der Waals surface area contributed by atoms with Crippen LogP contribution in [0.2, 0.25) is 0 Å². The third kappa shape index (κ3) is 5.83. The maximum absolute atomic E-state index is 9.39. The van der Waals surface area contributed by atoms with Gasteiger partial charge in [-0.15, -0.1) is 0 Å². The molecule has 0 fully saturated rings. The van der Waals surface area contributed by atoms with Crippen LogP contribution in [0.5, 0.6) is 0 Å². The van der Waals surface area contributed by atoms with E-state index in [9.17, 15) is 10.5 Å². The van der Waals surface area contributed by atoms with Crippen LogP contribution in [0.4, 0.5) is 0 Å². The number of hydrogen-bond acceptors (Lipinski definition) is 2. The molecule has 0 aliphatic rings. The summed E-state index contributed by atoms with van der Waals surface area (Å²) in [6.45, 7) is 4.53. The standard InChI is InChI=1S/C25H28N2/c1-3-5-9-20(4-2)12-13-21-14-16-23(17-15-21)25(24(18-26)19-27)22-10-7-6-8-11-22/h6-8,10-11,14-17,20H,3-5,9,12-13H2,1-2H3. The number of hydrogen-bond donors (Lipinski definition) is 0. The van der Waals surface area contributed by atoms with Crippen LogP contribution in [0.15, 0.2) is 60.2 Å². The van der Waals surface area contributed by atoms with E-state index in [0.717, 1.165) is 23.5 Å². The summed E-state index contributed by atoms with van der Waals surface area (Å²) in [5.74, 6) is 0.799. The first kappa shape index (κ1) is 20.5. The molecule has 2 heteroatoms. The summed E-state index contributed by atoms with van der Waals surface area (Å²) in [6, 6.07) is 22.1. The van der Waals surface area contributed by atoms with Crippen molar-refractivity contribution in [3.05, 3.63) is 76.9 Å². The van der Waals surface area contributed by atoms with Crippen LogP contribution >= 0.6 is 0 Å². The zero-order chi connectivity index (χ0) is 19.5. The molecule has 0 aromatic heterocycles. The van der Waals surface area contributed by atoms with Gasteiger partial charge >= 0.3 is 0 Å². The Balaban J connectivity index is 2.20. The Morgan fingerprint density at radius 2 is 1.48 bits per heavy atom. The largest absolute Gasteiger partial charge is 0.192 e. The van der Waals surface area contributed by atoms with E-state index in [2.05, 4.69) is 26.0 Å². The molecule has 0 saturated carbocycles. The third-order valence-electron chi connectivity index (χ3n) is 5.16. The Labute approximate surface area is 163 Å². The summed E-state index contributed by atoms with van der Waals surface area (Å²) < 4.78 is 0. The van der Waals surface area contributed by atoms with Crippen LogP contribution in [-0.4, -0.2) is 0 Å². The van der Waals surface area contributed by atoms with Crippen molar-refractivity contribution in [1.29, 1.82) is 10.5 Å². The fraction of sp³-hybridized carbons (Fsp3) is 0.360. The van der Waals surface area contributed by atoms with Crippen molar-refractivity contribution in [1.82, 2.24) is 0 Å². The maximum Gasteiger partial charge on any atom is 0.138 e. The predicted molar refractivity (Wildman–Crippen MR) is 112 cm³/mol. The molecule has 2 aromatic rings. The van der Waals surface area contributed by atoms with Crippen molar-refractivity contribution in [2.24, 2.45) is 5.92 Å². The topological polar surface area (TPSA) is 47.6 Å². The van der Waals surface area contributed by atoms with E-state index in [4.69, 9.17) is 0 Å². The Morgan fingerprint density at radius 1 is 0.852 bits per heavy atom. The normalized spacial score (nSPS) is 11.3. The van der Waals surface area contributed by atoms with Crippen LogP contribution in [0.1, 0.15) is 62.6 Å². The number of rotatable bonds is 9. The van der Waals surface area contributed by atoms with E-state index in [0.29, 0.717) is 5.57 Å². The molecule has 138 valence electrons. The molecular formula is C25H28N2. The van der Waals surface area contributed by atoms with Gasteiger partial charge in [0.25, 0.3) is 0 Å². The highest BCUT2D eigenvalue weighted by Crippen LogP contribution is 2.27. The van der Waals surface area contributed by atoms with Crippen molar-refractivity contribution in [2.45, 2.75) is 52.4 Å². The third-order valence-corrected chi connectivity index (χ3v) is 5.16. The van der Waals surface area contributed by atoms with Crippen molar-refractivity contribution in [3.63, 3.8) is 0 Å². The van der Waals surface area contributed by atoms with Gasteiger partial charge in [-0.2, -0.15) is 10.5 Å². The van der Waals surface area contributed by atoms with Gasteiger partial charge in [-0.1, -0.05) is 94.1 Å². The summed E-state index contributed by atoms with van der Waals surface area (Å²) in [5, 5.41) is 18.8. The fourth-order valence-electron chi connectivity index (χ4n) is 3.45. The van der Waals surface area contributed by atoms with Crippen molar-refractivity contribution < 1.29 is 0 Å². The molecule has 1 unspecified atom stereocenters. The quantitative estimate of drug-likeness (QED) is 0.470. The Morgan fingerprint density at radius 3 is 2.04 bits per heavy atom. The van der Waals surface area contributed by atoms with Gasteiger partial charge in [-0.05, 0) is 35.4 Å². The first-order chi connectivity index (χ1) is 13.2. The number of nitrogens with zero attached hydrogens (tertiary/aromatic N) is 2. The highest BCUT2D eigenvalue weighted by atomic mass is 14.3.